The number of carbonyl (C=O) groups is 1. The van der Waals surface area contributed by atoms with Crippen LogP contribution in [0.4, 0.5) is 0 Å². The molecule has 1 aromatic carbocycles. The Kier molecular flexibility index (Phi) is 5.45. The Morgan fingerprint density at radius 2 is 1.92 bits per heavy atom. The van der Waals surface area contributed by atoms with E-state index in [1.54, 1.807) is 19.4 Å². The first kappa shape index (κ1) is 18.2. The first-order valence-electron chi connectivity index (χ1n) is 9.09. The Bertz CT molecular complexity index is 757. The van der Waals surface area contributed by atoms with E-state index in [1.807, 2.05) is 56.0 Å². The highest BCUT2D eigenvalue weighted by Crippen LogP contribution is 2.36. The highest BCUT2D eigenvalue weighted by molar-refractivity contribution is 5.95. The van der Waals surface area contributed by atoms with Gasteiger partial charge in [0.25, 0.3) is 5.91 Å². The molecule has 0 saturated heterocycles. The lowest BCUT2D eigenvalue weighted by Crippen LogP contribution is -2.36. The van der Waals surface area contributed by atoms with Gasteiger partial charge in [-0.2, -0.15) is 0 Å². The molecule has 1 aliphatic rings. The summed E-state index contributed by atoms with van der Waals surface area (Å²) in [6, 6.07) is 11.4. The largest absolute Gasteiger partial charge is 0.493 e. The molecule has 1 atom stereocenters. The van der Waals surface area contributed by atoms with Crippen molar-refractivity contribution < 1.29 is 14.3 Å². The standard InChI is InChI=1S/C21H26N2O3/c1-14(2)26-19-11-8-16(13-20(19)25-4)21(24)23(17-9-10-17)15(3)18-7-5-6-12-22-18/h5-8,11-15,17H,9-10H2,1-4H3/t15-/m0/s1. The van der Waals surface area contributed by atoms with Crippen LogP contribution in [-0.4, -0.2) is 35.0 Å². The van der Waals surface area contributed by atoms with Gasteiger partial charge in [0.1, 0.15) is 0 Å². The highest BCUT2D eigenvalue weighted by Gasteiger charge is 2.37. The summed E-state index contributed by atoms with van der Waals surface area (Å²) in [4.78, 5) is 19.6. The van der Waals surface area contributed by atoms with Gasteiger partial charge in [0.15, 0.2) is 11.5 Å². The Morgan fingerprint density at radius 3 is 2.50 bits per heavy atom. The Balaban J connectivity index is 1.88. The van der Waals surface area contributed by atoms with E-state index >= 15 is 0 Å². The zero-order valence-corrected chi connectivity index (χ0v) is 15.8. The van der Waals surface area contributed by atoms with E-state index in [-0.39, 0.29) is 24.1 Å². The summed E-state index contributed by atoms with van der Waals surface area (Å²) >= 11 is 0. The van der Waals surface area contributed by atoms with E-state index < -0.39 is 0 Å². The first-order valence-corrected chi connectivity index (χ1v) is 9.09. The fourth-order valence-corrected chi connectivity index (χ4v) is 3.08. The van der Waals surface area contributed by atoms with Crippen molar-refractivity contribution in [2.24, 2.45) is 0 Å². The van der Waals surface area contributed by atoms with Gasteiger partial charge in [-0.05, 0) is 63.9 Å². The van der Waals surface area contributed by atoms with Crippen LogP contribution < -0.4 is 9.47 Å². The third-order valence-electron chi connectivity index (χ3n) is 4.48. The molecule has 0 unspecified atom stereocenters. The third-order valence-corrected chi connectivity index (χ3v) is 4.48. The molecule has 5 heteroatoms. The molecular formula is C21H26N2O3. The maximum atomic E-state index is 13.2. The van der Waals surface area contributed by atoms with Crippen molar-refractivity contribution >= 4 is 5.91 Å². The Morgan fingerprint density at radius 1 is 1.15 bits per heavy atom. The molecule has 1 aliphatic carbocycles. The minimum atomic E-state index is -0.0752. The number of ether oxygens (including phenoxy) is 2. The summed E-state index contributed by atoms with van der Waals surface area (Å²) in [7, 11) is 1.59. The van der Waals surface area contributed by atoms with Crippen LogP contribution in [0.2, 0.25) is 0 Å². The Labute approximate surface area is 155 Å². The molecule has 0 radical (unpaired) electrons. The zero-order chi connectivity index (χ0) is 18.7. The molecule has 1 fully saturated rings. The van der Waals surface area contributed by atoms with Crippen LogP contribution in [0.25, 0.3) is 0 Å². The van der Waals surface area contributed by atoms with E-state index in [4.69, 9.17) is 9.47 Å². The molecule has 5 nitrogen and oxygen atoms in total. The number of carbonyl (C=O) groups excluding carboxylic acids is 1. The SMILES string of the molecule is COc1cc(C(=O)N(C2CC2)[C@@H](C)c2ccccn2)ccc1OC(C)C. The number of aromatic nitrogens is 1. The summed E-state index contributed by atoms with van der Waals surface area (Å²) < 4.78 is 11.2. The monoisotopic (exact) mass is 354 g/mol. The summed E-state index contributed by atoms with van der Waals surface area (Å²) in [5.74, 6) is 1.22. The lowest BCUT2D eigenvalue weighted by molar-refractivity contribution is 0.0669. The molecule has 0 spiro atoms. The maximum absolute atomic E-state index is 13.2. The van der Waals surface area contributed by atoms with Crippen molar-refractivity contribution in [2.45, 2.75) is 51.8 Å². The van der Waals surface area contributed by atoms with Crippen LogP contribution in [0.15, 0.2) is 42.6 Å². The van der Waals surface area contributed by atoms with E-state index in [2.05, 4.69) is 4.98 Å². The van der Waals surface area contributed by atoms with Crippen LogP contribution in [0, 0.1) is 0 Å². The topological polar surface area (TPSA) is 51.7 Å². The van der Waals surface area contributed by atoms with Gasteiger partial charge in [-0.15, -0.1) is 0 Å². The van der Waals surface area contributed by atoms with E-state index in [0.717, 1.165) is 18.5 Å². The summed E-state index contributed by atoms with van der Waals surface area (Å²) in [6.07, 6.45) is 3.88. The first-order chi connectivity index (χ1) is 12.5. The zero-order valence-electron chi connectivity index (χ0n) is 15.8. The number of benzene rings is 1. The average Bonchev–Trinajstić information content (AvgIpc) is 3.47. The van der Waals surface area contributed by atoms with Crippen molar-refractivity contribution in [3.63, 3.8) is 0 Å². The molecule has 2 aromatic rings. The van der Waals surface area contributed by atoms with Gasteiger partial charge in [0, 0.05) is 17.8 Å². The van der Waals surface area contributed by atoms with Gasteiger partial charge in [-0.3, -0.25) is 9.78 Å². The van der Waals surface area contributed by atoms with Crippen molar-refractivity contribution in [1.29, 1.82) is 0 Å². The van der Waals surface area contributed by atoms with Gasteiger partial charge in [0.2, 0.25) is 0 Å². The molecular weight excluding hydrogens is 328 g/mol. The molecule has 0 aliphatic heterocycles. The molecule has 1 heterocycles. The van der Waals surface area contributed by atoms with Crippen LogP contribution >= 0.6 is 0 Å². The van der Waals surface area contributed by atoms with Gasteiger partial charge in [-0.25, -0.2) is 0 Å². The second-order valence-electron chi connectivity index (χ2n) is 6.91. The van der Waals surface area contributed by atoms with Gasteiger partial charge < -0.3 is 14.4 Å². The van der Waals surface area contributed by atoms with E-state index in [1.165, 1.54) is 0 Å². The van der Waals surface area contributed by atoms with Crippen LogP contribution in [0.5, 0.6) is 11.5 Å². The maximum Gasteiger partial charge on any atom is 0.254 e. The van der Waals surface area contributed by atoms with Crippen LogP contribution in [0.3, 0.4) is 0 Å². The smallest absolute Gasteiger partial charge is 0.254 e. The minimum absolute atomic E-state index is 0.0000463. The van der Waals surface area contributed by atoms with Crippen LogP contribution in [-0.2, 0) is 0 Å². The van der Waals surface area contributed by atoms with Crippen LogP contribution in [0.1, 0.15) is 55.7 Å². The van der Waals surface area contributed by atoms with Gasteiger partial charge >= 0.3 is 0 Å². The van der Waals surface area contributed by atoms with Crippen molar-refractivity contribution in [2.75, 3.05) is 7.11 Å². The Hall–Kier alpha value is -2.56. The second kappa shape index (κ2) is 7.77. The van der Waals surface area contributed by atoms with Crippen molar-refractivity contribution in [3.8, 4) is 11.5 Å². The third kappa shape index (κ3) is 3.98. The fraction of sp³-hybridized carbons (Fsp3) is 0.429. The van der Waals surface area contributed by atoms with E-state index in [9.17, 15) is 4.79 Å². The minimum Gasteiger partial charge on any atom is -0.493 e. The molecule has 0 N–H and O–H groups in total. The number of methoxy groups -OCH3 is 1. The fourth-order valence-electron chi connectivity index (χ4n) is 3.08. The van der Waals surface area contributed by atoms with Crippen molar-refractivity contribution in [1.82, 2.24) is 9.88 Å². The molecule has 1 amide bonds. The number of pyridine rings is 1. The summed E-state index contributed by atoms with van der Waals surface area (Å²) in [6.45, 7) is 5.95. The summed E-state index contributed by atoms with van der Waals surface area (Å²) in [5.41, 5.74) is 1.51. The quantitative estimate of drug-likeness (QED) is 0.746. The number of rotatable bonds is 7. The van der Waals surface area contributed by atoms with Gasteiger partial charge in [0.05, 0.1) is 24.9 Å². The predicted molar refractivity (Wildman–Crippen MR) is 101 cm³/mol. The molecule has 138 valence electrons. The molecule has 1 aromatic heterocycles. The number of hydrogen-bond acceptors (Lipinski definition) is 4. The lowest BCUT2D eigenvalue weighted by Gasteiger charge is -2.29. The average molecular weight is 354 g/mol. The second-order valence-corrected chi connectivity index (χ2v) is 6.91. The number of hydrogen-bond donors (Lipinski definition) is 0. The number of amides is 1. The molecule has 0 bridgehead atoms. The van der Waals surface area contributed by atoms with Gasteiger partial charge in [-0.1, -0.05) is 6.07 Å². The molecule has 3 rings (SSSR count). The number of nitrogens with zero attached hydrogens (tertiary/aromatic N) is 2. The lowest BCUT2D eigenvalue weighted by atomic mass is 10.1. The normalized spacial score (nSPS) is 14.8. The highest BCUT2D eigenvalue weighted by atomic mass is 16.5. The summed E-state index contributed by atoms with van der Waals surface area (Å²) in [5, 5.41) is 0. The predicted octanol–water partition coefficient (Wildman–Crippen LogP) is 4.24. The van der Waals surface area contributed by atoms with Crippen molar-refractivity contribution in [3.05, 3.63) is 53.9 Å². The molecule has 1 saturated carbocycles. The molecule has 26 heavy (non-hydrogen) atoms. The van der Waals surface area contributed by atoms with E-state index in [0.29, 0.717) is 17.1 Å².